The molecule has 1 N–H and O–H groups in total. The number of fused-ring (bicyclic) bond motifs is 2. The maximum absolute atomic E-state index is 12.8. The molecule has 0 atom stereocenters. The molecular formula is C22H17ClN2O3. The van der Waals surface area contributed by atoms with Gasteiger partial charge in [0.05, 0.1) is 18.1 Å². The van der Waals surface area contributed by atoms with Gasteiger partial charge in [0.2, 0.25) is 5.91 Å². The minimum atomic E-state index is -0.219. The highest BCUT2D eigenvalue weighted by Crippen LogP contribution is 2.23. The molecular weight excluding hydrogens is 376 g/mol. The highest BCUT2D eigenvalue weighted by molar-refractivity contribution is 6.31. The number of pyridine rings is 1. The van der Waals surface area contributed by atoms with Gasteiger partial charge in [-0.1, -0.05) is 29.8 Å². The molecule has 1 aromatic heterocycles. The van der Waals surface area contributed by atoms with Crippen molar-refractivity contribution in [1.82, 2.24) is 4.57 Å². The SMILES string of the molecule is COc1cccc(NC(=O)Cn2c3ccccc3c(=O)c3ccc(Cl)cc32)c1. The fraction of sp³-hybridized carbons (Fsp3) is 0.0909. The second-order valence-corrected chi connectivity index (χ2v) is 6.81. The summed E-state index contributed by atoms with van der Waals surface area (Å²) in [7, 11) is 1.57. The van der Waals surface area contributed by atoms with E-state index >= 15 is 0 Å². The zero-order chi connectivity index (χ0) is 19.7. The van der Waals surface area contributed by atoms with Gasteiger partial charge in [-0.25, -0.2) is 0 Å². The highest BCUT2D eigenvalue weighted by Gasteiger charge is 2.14. The third-order valence-corrected chi connectivity index (χ3v) is 4.82. The number of ether oxygens (including phenoxy) is 1. The molecule has 0 aliphatic carbocycles. The van der Waals surface area contributed by atoms with Crippen LogP contribution in [0.1, 0.15) is 0 Å². The Labute approximate surface area is 166 Å². The van der Waals surface area contributed by atoms with Crippen LogP contribution in [0.3, 0.4) is 0 Å². The summed E-state index contributed by atoms with van der Waals surface area (Å²) in [5, 5.41) is 4.46. The predicted molar refractivity (Wildman–Crippen MR) is 112 cm³/mol. The summed E-state index contributed by atoms with van der Waals surface area (Å²) in [6.07, 6.45) is 0. The van der Waals surface area contributed by atoms with Crippen molar-refractivity contribution in [2.75, 3.05) is 12.4 Å². The predicted octanol–water partition coefficient (Wildman–Crippen LogP) is 4.46. The number of hydrogen-bond donors (Lipinski definition) is 1. The Morgan fingerprint density at radius 1 is 1.00 bits per heavy atom. The van der Waals surface area contributed by atoms with Gasteiger partial charge >= 0.3 is 0 Å². The number of carbonyl (C=O) groups is 1. The summed E-state index contributed by atoms with van der Waals surface area (Å²) in [6, 6.07) is 19.5. The van der Waals surface area contributed by atoms with Gasteiger partial charge in [0, 0.05) is 27.5 Å². The quantitative estimate of drug-likeness (QED) is 0.522. The summed E-state index contributed by atoms with van der Waals surface area (Å²) < 4.78 is 7.00. The van der Waals surface area contributed by atoms with Crippen molar-refractivity contribution in [2.45, 2.75) is 6.54 Å². The molecule has 28 heavy (non-hydrogen) atoms. The first-order valence-electron chi connectivity index (χ1n) is 8.71. The average molecular weight is 393 g/mol. The minimum Gasteiger partial charge on any atom is -0.497 e. The van der Waals surface area contributed by atoms with E-state index in [2.05, 4.69) is 5.32 Å². The molecule has 3 aromatic carbocycles. The van der Waals surface area contributed by atoms with E-state index < -0.39 is 0 Å². The molecule has 4 rings (SSSR count). The highest BCUT2D eigenvalue weighted by atomic mass is 35.5. The van der Waals surface area contributed by atoms with Crippen LogP contribution in [0.25, 0.3) is 21.8 Å². The van der Waals surface area contributed by atoms with Crippen LogP contribution in [0.2, 0.25) is 5.02 Å². The lowest BCUT2D eigenvalue weighted by Gasteiger charge is -2.15. The fourth-order valence-electron chi connectivity index (χ4n) is 3.31. The van der Waals surface area contributed by atoms with Crippen LogP contribution >= 0.6 is 11.6 Å². The number of methoxy groups -OCH3 is 1. The van der Waals surface area contributed by atoms with E-state index in [1.165, 1.54) is 0 Å². The van der Waals surface area contributed by atoms with Crippen LogP contribution in [0, 0.1) is 0 Å². The largest absolute Gasteiger partial charge is 0.497 e. The first-order chi connectivity index (χ1) is 13.6. The molecule has 4 aromatic rings. The molecule has 0 bridgehead atoms. The number of para-hydroxylation sites is 1. The van der Waals surface area contributed by atoms with Crippen LogP contribution in [0.4, 0.5) is 5.69 Å². The van der Waals surface area contributed by atoms with E-state index in [-0.39, 0.29) is 17.9 Å². The molecule has 5 nitrogen and oxygen atoms in total. The number of rotatable bonds is 4. The molecule has 0 radical (unpaired) electrons. The Hall–Kier alpha value is -3.31. The molecule has 140 valence electrons. The fourth-order valence-corrected chi connectivity index (χ4v) is 3.48. The van der Waals surface area contributed by atoms with Crippen LogP contribution in [-0.4, -0.2) is 17.6 Å². The van der Waals surface area contributed by atoms with E-state index in [4.69, 9.17) is 16.3 Å². The molecule has 0 saturated heterocycles. The summed E-state index contributed by atoms with van der Waals surface area (Å²) in [5.74, 6) is 0.437. The number of nitrogens with one attached hydrogen (secondary N) is 1. The monoisotopic (exact) mass is 392 g/mol. The van der Waals surface area contributed by atoms with Gasteiger partial charge in [-0.15, -0.1) is 0 Å². The second kappa shape index (κ2) is 7.37. The number of halogens is 1. The van der Waals surface area contributed by atoms with E-state index in [9.17, 15) is 9.59 Å². The topological polar surface area (TPSA) is 60.3 Å². The van der Waals surface area contributed by atoms with Crippen molar-refractivity contribution >= 4 is 45.0 Å². The van der Waals surface area contributed by atoms with E-state index in [0.717, 1.165) is 0 Å². The van der Waals surface area contributed by atoms with Crippen molar-refractivity contribution in [1.29, 1.82) is 0 Å². The van der Waals surface area contributed by atoms with Crippen molar-refractivity contribution in [3.63, 3.8) is 0 Å². The molecule has 0 unspecified atom stereocenters. The zero-order valence-corrected chi connectivity index (χ0v) is 15.9. The Bertz CT molecular complexity index is 1260. The maximum atomic E-state index is 12.8. The zero-order valence-electron chi connectivity index (χ0n) is 15.1. The lowest BCUT2D eigenvalue weighted by molar-refractivity contribution is -0.116. The third kappa shape index (κ3) is 3.32. The number of anilines is 1. The van der Waals surface area contributed by atoms with E-state index in [1.54, 1.807) is 55.6 Å². The van der Waals surface area contributed by atoms with E-state index in [1.807, 2.05) is 22.8 Å². The van der Waals surface area contributed by atoms with Crippen LogP contribution in [-0.2, 0) is 11.3 Å². The first kappa shape index (κ1) is 18.1. The Morgan fingerprint density at radius 3 is 2.61 bits per heavy atom. The second-order valence-electron chi connectivity index (χ2n) is 6.37. The lowest BCUT2D eigenvalue weighted by atomic mass is 10.1. The van der Waals surface area contributed by atoms with Gasteiger partial charge < -0.3 is 14.6 Å². The molecule has 1 amide bonds. The van der Waals surface area contributed by atoms with Crippen LogP contribution in [0.5, 0.6) is 5.75 Å². The smallest absolute Gasteiger partial charge is 0.244 e. The van der Waals surface area contributed by atoms with Crippen molar-refractivity contribution < 1.29 is 9.53 Å². The number of hydrogen-bond acceptors (Lipinski definition) is 3. The van der Waals surface area contributed by atoms with Gasteiger partial charge in [-0.3, -0.25) is 9.59 Å². The van der Waals surface area contributed by atoms with Crippen molar-refractivity contribution in [3.8, 4) is 5.75 Å². The molecule has 0 aliphatic heterocycles. The van der Waals surface area contributed by atoms with Gasteiger partial charge in [-0.2, -0.15) is 0 Å². The molecule has 0 fully saturated rings. The number of aromatic nitrogens is 1. The molecule has 0 aliphatic rings. The molecule has 0 spiro atoms. The maximum Gasteiger partial charge on any atom is 0.244 e. The molecule has 6 heteroatoms. The third-order valence-electron chi connectivity index (χ3n) is 4.59. The Kier molecular flexibility index (Phi) is 4.75. The number of carbonyl (C=O) groups excluding carboxylic acids is 1. The van der Waals surface area contributed by atoms with Gasteiger partial charge in [0.25, 0.3) is 0 Å². The summed E-state index contributed by atoms with van der Waals surface area (Å²) in [4.78, 5) is 25.6. The van der Waals surface area contributed by atoms with Crippen molar-refractivity contribution in [3.05, 3.63) is 82.0 Å². The van der Waals surface area contributed by atoms with Crippen molar-refractivity contribution in [2.24, 2.45) is 0 Å². The Morgan fingerprint density at radius 2 is 1.79 bits per heavy atom. The summed E-state index contributed by atoms with van der Waals surface area (Å²) >= 11 is 6.16. The number of benzene rings is 3. The normalized spacial score (nSPS) is 10.9. The molecule has 1 heterocycles. The Balaban J connectivity index is 1.80. The van der Waals surface area contributed by atoms with Gasteiger partial charge in [0.1, 0.15) is 12.3 Å². The average Bonchev–Trinajstić information content (AvgIpc) is 2.71. The summed E-state index contributed by atoms with van der Waals surface area (Å²) in [6.45, 7) is 0.0366. The van der Waals surface area contributed by atoms with Crippen LogP contribution in [0.15, 0.2) is 71.5 Å². The summed E-state index contributed by atoms with van der Waals surface area (Å²) in [5.41, 5.74) is 1.86. The van der Waals surface area contributed by atoms with Gasteiger partial charge in [0.15, 0.2) is 5.43 Å². The van der Waals surface area contributed by atoms with E-state index in [0.29, 0.717) is 38.3 Å². The molecule has 0 saturated carbocycles. The number of amides is 1. The number of nitrogens with zero attached hydrogens (tertiary/aromatic N) is 1. The standard InChI is InChI=1S/C22H17ClN2O3/c1-28-16-6-4-5-15(12-16)24-21(26)13-25-19-8-3-2-7-17(19)22(27)18-10-9-14(23)11-20(18)25/h2-12H,13H2,1H3,(H,24,26). The first-order valence-corrected chi connectivity index (χ1v) is 9.09. The van der Waals surface area contributed by atoms with Gasteiger partial charge in [-0.05, 0) is 42.5 Å². The lowest BCUT2D eigenvalue weighted by Crippen LogP contribution is -2.21. The minimum absolute atomic E-state index is 0.0366. The van der Waals surface area contributed by atoms with Crippen LogP contribution < -0.4 is 15.5 Å².